The summed E-state index contributed by atoms with van der Waals surface area (Å²) in [6.45, 7) is 0. The number of H-pyrrole nitrogens is 1. The molecule has 2 aromatic heterocycles. The number of aromatic amines is 1. The van der Waals surface area contributed by atoms with E-state index in [1.165, 1.54) is 24.4 Å². The van der Waals surface area contributed by atoms with Crippen LogP contribution in [0.2, 0.25) is 0 Å². The van der Waals surface area contributed by atoms with Crippen molar-refractivity contribution >= 4 is 34.2 Å². The van der Waals surface area contributed by atoms with E-state index in [1.54, 1.807) is 36.5 Å². The maximum atomic E-state index is 12.9. The Morgan fingerprint density at radius 1 is 0.871 bits per heavy atom. The van der Waals surface area contributed by atoms with Gasteiger partial charge in [0.05, 0.1) is 11.1 Å². The number of alkyl halides is 3. The molecule has 156 valence electrons. The Hall–Kier alpha value is -4.14. The number of aromatic nitrogens is 2. The van der Waals surface area contributed by atoms with Gasteiger partial charge in [-0.2, -0.15) is 13.2 Å². The summed E-state index contributed by atoms with van der Waals surface area (Å²) >= 11 is 0. The van der Waals surface area contributed by atoms with Gasteiger partial charge < -0.3 is 15.6 Å². The number of carbonyl (C=O) groups excluding carboxylic acids is 2. The molecule has 0 radical (unpaired) electrons. The summed E-state index contributed by atoms with van der Waals surface area (Å²) < 4.78 is 38.6. The minimum absolute atomic E-state index is 0.129. The Kier molecular flexibility index (Phi) is 5.16. The van der Waals surface area contributed by atoms with Crippen LogP contribution in [-0.2, 0) is 6.18 Å². The van der Waals surface area contributed by atoms with Crippen LogP contribution in [0.5, 0.6) is 0 Å². The summed E-state index contributed by atoms with van der Waals surface area (Å²) in [4.78, 5) is 32.1. The number of nitrogens with zero attached hydrogens (tertiary/aromatic N) is 1. The van der Waals surface area contributed by atoms with Gasteiger partial charge in [0.2, 0.25) is 0 Å². The number of carbonyl (C=O) groups is 2. The largest absolute Gasteiger partial charge is 0.416 e. The molecule has 0 aliphatic rings. The molecule has 4 rings (SSSR count). The highest BCUT2D eigenvalue weighted by Gasteiger charge is 2.30. The van der Waals surface area contributed by atoms with E-state index in [4.69, 9.17) is 0 Å². The first-order valence-corrected chi connectivity index (χ1v) is 9.13. The molecule has 0 bridgehead atoms. The zero-order valence-electron chi connectivity index (χ0n) is 15.8. The lowest BCUT2D eigenvalue weighted by Gasteiger charge is -2.11. The van der Waals surface area contributed by atoms with Gasteiger partial charge in [-0.05, 0) is 48.5 Å². The first kappa shape index (κ1) is 20.1. The predicted octanol–water partition coefficient (Wildman–Crippen LogP) is 5.09. The quantitative estimate of drug-likeness (QED) is 0.427. The maximum Gasteiger partial charge on any atom is 0.416 e. The van der Waals surface area contributed by atoms with E-state index in [0.717, 1.165) is 12.1 Å². The van der Waals surface area contributed by atoms with Crippen molar-refractivity contribution in [3.8, 4) is 0 Å². The van der Waals surface area contributed by atoms with Crippen molar-refractivity contribution in [2.75, 3.05) is 10.6 Å². The molecule has 4 aromatic rings. The number of pyridine rings is 1. The molecule has 0 fully saturated rings. The molecular formula is C22H15F3N4O2. The van der Waals surface area contributed by atoms with Crippen LogP contribution >= 0.6 is 0 Å². The predicted molar refractivity (Wildman–Crippen MR) is 110 cm³/mol. The number of anilines is 2. The fourth-order valence-electron chi connectivity index (χ4n) is 3.07. The molecule has 0 aliphatic carbocycles. The van der Waals surface area contributed by atoms with Crippen LogP contribution in [0.3, 0.4) is 0 Å². The summed E-state index contributed by atoms with van der Waals surface area (Å²) in [5.74, 6) is -1.06. The van der Waals surface area contributed by atoms with E-state index < -0.39 is 17.6 Å². The fraction of sp³-hybridized carbons (Fsp3) is 0.0455. The molecule has 2 aromatic carbocycles. The first-order chi connectivity index (χ1) is 14.8. The molecule has 3 N–H and O–H groups in total. The molecular weight excluding hydrogens is 409 g/mol. The second-order valence-electron chi connectivity index (χ2n) is 6.67. The summed E-state index contributed by atoms with van der Waals surface area (Å²) in [6, 6.07) is 13.8. The highest BCUT2D eigenvalue weighted by atomic mass is 19.4. The summed E-state index contributed by atoms with van der Waals surface area (Å²) in [5, 5.41) is 5.95. The SMILES string of the molecule is O=C(Nc1cccc(NC(=O)c2ccnc3[nH]ccc23)c1)c1cccc(C(F)(F)F)c1. The highest BCUT2D eigenvalue weighted by molar-refractivity contribution is 6.12. The Balaban J connectivity index is 1.50. The molecule has 6 nitrogen and oxygen atoms in total. The van der Waals surface area contributed by atoms with Crippen LogP contribution in [0, 0.1) is 0 Å². The normalized spacial score (nSPS) is 11.3. The lowest BCUT2D eigenvalue weighted by molar-refractivity contribution is -0.137. The van der Waals surface area contributed by atoms with Crippen LogP contribution in [0.4, 0.5) is 24.5 Å². The molecule has 0 saturated heterocycles. The number of fused-ring (bicyclic) bond motifs is 1. The number of amides is 2. The molecule has 2 heterocycles. The average Bonchev–Trinajstić information content (AvgIpc) is 3.22. The zero-order chi connectivity index (χ0) is 22.0. The van der Waals surface area contributed by atoms with Gasteiger partial charge in [-0.1, -0.05) is 12.1 Å². The Labute approximate surface area is 174 Å². The van der Waals surface area contributed by atoms with Crippen molar-refractivity contribution in [3.63, 3.8) is 0 Å². The minimum atomic E-state index is -4.54. The maximum absolute atomic E-state index is 12.9. The van der Waals surface area contributed by atoms with Gasteiger partial charge in [-0.15, -0.1) is 0 Å². The molecule has 0 saturated carbocycles. The Bertz CT molecular complexity index is 1280. The molecule has 2 amide bonds. The number of hydrogen-bond donors (Lipinski definition) is 3. The first-order valence-electron chi connectivity index (χ1n) is 9.13. The number of hydrogen-bond acceptors (Lipinski definition) is 3. The second-order valence-corrected chi connectivity index (χ2v) is 6.67. The van der Waals surface area contributed by atoms with Crippen LogP contribution in [0.1, 0.15) is 26.3 Å². The lowest BCUT2D eigenvalue weighted by atomic mass is 10.1. The zero-order valence-corrected chi connectivity index (χ0v) is 15.8. The van der Waals surface area contributed by atoms with Gasteiger partial charge >= 0.3 is 6.18 Å². The summed E-state index contributed by atoms with van der Waals surface area (Å²) in [5.41, 5.74) is 0.693. The van der Waals surface area contributed by atoms with E-state index >= 15 is 0 Å². The van der Waals surface area contributed by atoms with Gasteiger partial charge in [0.25, 0.3) is 11.8 Å². The van der Waals surface area contributed by atoms with E-state index in [1.807, 2.05) is 0 Å². The van der Waals surface area contributed by atoms with E-state index in [0.29, 0.717) is 28.0 Å². The van der Waals surface area contributed by atoms with Crippen molar-refractivity contribution < 1.29 is 22.8 Å². The van der Waals surface area contributed by atoms with Crippen LogP contribution in [-0.4, -0.2) is 21.8 Å². The van der Waals surface area contributed by atoms with Gasteiger partial charge in [0.15, 0.2) is 0 Å². The van der Waals surface area contributed by atoms with Crippen LogP contribution in [0.25, 0.3) is 11.0 Å². The Morgan fingerprint density at radius 2 is 1.58 bits per heavy atom. The molecule has 0 spiro atoms. The smallest absolute Gasteiger partial charge is 0.346 e. The van der Waals surface area contributed by atoms with Crippen LogP contribution in [0.15, 0.2) is 73.1 Å². The minimum Gasteiger partial charge on any atom is -0.346 e. The van der Waals surface area contributed by atoms with Gasteiger partial charge in [-0.3, -0.25) is 9.59 Å². The third-order valence-corrected chi connectivity index (χ3v) is 4.54. The number of benzene rings is 2. The highest BCUT2D eigenvalue weighted by Crippen LogP contribution is 2.29. The third kappa shape index (κ3) is 4.40. The molecule has 0 atom stereocenters. The molecule has 0 unspecified atom stereocenters. The van der Waals surface area contributed by atoms with Crippen molar-refractivity contribution in [1.29, 1.82) is 0 Å². The van der Waals surface area contributed by atoms with Crippen LogP contribution < -0.4 is 10.6 Å². The Morgan fingerprint density at radius 3 is 2.32 bits per heavy atom. The summed E-state index contributed by atoms with van der Waals surface area (Å²) in [6.07, 6.45) is -1.35. The third-order valence-electron chi connectivity index (χ3n) is 4.54. The molecule has 9 heteroatoms. The average molecular weight is 424 g/mol. The number of halogens is 3. The van der Waals surface area contributed by atoms with E-state index in [9.17, 15) is 22.8 Å². The molecule has 0 aliphatic heterocycles. The number of nitrogens with one attached hydrogen (secondary N) is 3. The van der Waals surface area contributed by atoms with Gasteiger partial charge in [0, 0.05) is 34.7 Å². The van der Waals surface area contributed by atoms with Crippen molar-refractivity contribution in [2.24, 2.45) is 0 Å². The van der Waals surface area contributed by atoms with Crippen molar-refractivity contribution in [3.05, 3.63) is 89.7 Å². The standard InChI is InChI=1S/C22H15F3N4O2/c23-22(24,25)14-4-1-3-13(11-14)20(30)28-15-5-2-6-16(12-15)29-21(31)18-8-10-27-19-17(18)7-9-26-19/h1-12H,(H,26,27)(H,28,30)(H,29,31). The lowest BCUT2D eigenvalue weighted by Crippen LogP contribution is -2.15. The van der Waals surface area contributed by atoms with Gasteiger partial charge in [0.1, 0.15) is 5.65 Å². The molecule has 31 heavy (non-hydrogen) atoms. The summed E-state index contributed by atoms with van der Waals surface area (Å²) in [7, 11) is 0. The topological polar surface area (TPSA) is 86.9 Å². The van der Waals surface area contributed by atoms with Crippen molar-refractivity contribution in [1.82, 2.24) is 9.97 Å². The second kappa shape index (κ2) is 7.94. The van der Waals surface area contributed by atoms with E-state index in [2.05, 4.69) is 20.6 Å². The van der Waals surface area contributed by atoms with Crippen molar-refractivity contribution in [2.45, 2.75) is 6.18 Å². The monoisotopic (exact) mass is 424 g/mol. The van der Waals surface area contributed by atoms with Gasteiger partial charge in [-0.25, -0.2) is 4.98 Å². The fourth-order valence-corrected chi connectivity index (χ4v) is 3.07. The number of rotatable bonds is 4. The van der Waals surface area contributed by atoms with E-state index in [-0.39, 0.29) is 11.5 Å².